The fourth-order valence-electron chi connectivity index (χ4n) is 3.00. The van der Waals surface area contributed by atoms with Crippen LogP contribution in [0.1, 0.15) is 12.8 Å². The van der Waals surface area contributed by atoms with E-state index in [1.54, 1.807) is 24.7 Å². The van der Waals surface area contributed by atoms with Crippen molar-refractivity contribution in [3.63, 3.8) is 0 Å². The lowest BCUT2D eigenvalue weighted by Crippen LogP contribution is -2.23. The van der Waals surface area contributed by atoms with Crippen LogP contribution in [0.15, 0.2) is 57.5 Å². The highest BCUT2D eigenvalue weighted by molar-refractivity contribution is 7.07. The number of aromatic nitrogens is 1. The van der Waals surface area contributed by atoms with Crippen molar-refractivity contribution >= 4 is 17.0 Å². The van der Waals surface area contributed by atoms with Gasteiger partial charge >= 0.3 is 0 Å². The highest BCUT2D eigenvalue weighted by Gasteiger charge is 2.19. The fraction of sp³-hybridized carbons (Fsp3) is 0.316. The molecule has 6 heteroatoms. The Kier molecular flexibility index (Phi) is 4.72. The third-order valence-corrected chi connectivity index (χ3v) is 5.12. The average molecular weight is 356 g/mol. The Hall–Kier alpha value is -2.31. The van der Waals surface area contributed by atoms with Crippen molar-refractivity contribution in [1.29, 1.82) is 0 Å². The lowest BCUT2D eigenvalue weighted by Gasteiger charge is -2.13. The quantitative estimate of drug-likeness (QED) is 0.687. The van der Waals surface area contributed by atoms with Crippen LogP contribution in [-0.2, 0) is 11.3 Å². The molecule has 1 fully saturated rings. The molecule has 0 aliphatic carbocycles. The maximum Gasteiger partial charge on any atom is 0.190 e. The van der Waals surface area contributed by atoms with E-state index >= 15 is 0 Å². The maximum atomic E-state index is 5.83. The molecular formula is C19H20N2O3S. The minimum atomic E-state index is 0.229. The Morgan fingerprint density at radius 1 is 1.32 bits per heavy atom. The van der Waals surface area contributed by atoms with Gasteiger partial charge in [0.2, 0.25) is 0 Å². The van der Waals surface area contributed by atoms with Crippen LogP contribution in [0.5, 0.6) is 5.75 Å². The predicted molar refractivity (Wildman–Crippen MR) is 97.2 cm³/mol. The van der Waals surface area contributed by atoms with Crippen molar-refractivity contribution in [2.24, 2.45) is 4.99 Å². The van der Waals surface area contributed by atoms with Gasteiger partial charge in [0, 0.05) is 18.1 Å². The Morgan fingerprint density at radius 3 is 3.04 bits per heavy atom. The number of benzene rings is 1. The van der Waals surface area contributed by atoms with Crippen LogP contribution in [-0.4, -0.2) is 24.4 Å². The van der Waals surface area contributed by atoms with Crippen molar-refractivity contribution in [1.82, 2.24) is 4.57 Å². The molecule has 0 spiro atoms. The van der Waals surface area contributed by atoms with E-state index in [2.05, 4.69) is 9.95 Å². The summed E-state index contributed by atoms with van der Waals surface area (Å²) in [6, 6.07) is 11.7. The molecule has 0 saturated carbocycles. The zero-order valence-electron chi connectivity index (χ0n) is 14.1. The SMILES string of the molecule is COc1cccc(N=c2scc(-c3ccco3)n2CC2CCCO2)c1. The van der Waals surface area contributed by atoms with Crippen molar-refractivity contribution < 1.29 is 13.9 Å². The lowest BCUT2D eigenvalue weighted by molar-refractivity contribution is 0.0967. The second-order valence-corrected chi connectivity index (χ2v) is 6.78. The molecule has 4 rings (SSSR count). The monoisotopic (exact) mass is 356 g/mol. The molecule has 5 nitrogen and oxygen atoms in total. The molecule has 130 valence electrons. The third kappa shape index (κ3) is 3.55. The largest absolute Gasteiger partial charge is 0.497 e. The summed E-state index contributed by atoms with van der Waals surface area (Å²) < 4.78 is 18.9. The minimum Gasteiger partial charge on any atom is -0.497 e. The fourth-order valence-corrected chi connectivity index (χ4v) is 3.92. The summed E-state index contributed by atoms with van der Waals surface area (Å²) in [6.07, 6.45) is 4.13. The Labute approximate surface area is 150 Å². The second kappa shape index (κ2) is 7.29. The number of furan rings is 1. The first-order valence-corrected chi connectivity index (χ1v) is 9.24. The molecule has 1 aromatic carbocycles. The number of thiazole rings is 1. The van der Waals surface area contributed by atoms with Crippen molar-refractivity contribution in [2.75, 3.05) is 13.7 Å². The first-order chi connectivity index (χ1) is 12.3. The van der Waals surface area contributed by atoms with Crippen molar-refractivity contribution in [3.05, 3.63) is 52.8 Å². The zero-order chi connectivity index (χ0) is 17.1. The topological polar surface area (TPSA) is 48.9 Å². The average Bonchev–Trinajstić information content (AvgIpc) is 3.38. The van der Waals surface area contributed by atoms with Crippen LogP contribution in [0.4, 0.5) is 5.69 Å². The molecule has 0 bridgehead atoms. The van der Waals surface area contributed by atoms with Gasteiger partial charge in [-0.05, 0) is 37.1 Å². The summed E-state index contributed by atoms with van der Waals surface area (Å²) in [4.78, 5) is 5.75. The summed E-state index contributed by atoms with van der Waals surface area (Å²) in [5, 5.41) is 2.09. The third-order valence-electron chi connectivity index (χ3n) is 4.26. The van der Waals surface area contributed by atoms with E-state index in [1.165, 1.54) is 0 Å². The van der Waals surface area contributed by atoms with Gasteiger partial charge in [-0.15, -0.1) is 11.3 Å². The zero-order valence-corrected chi connectivity index (χ0v) is 14.9. The van der Waals surface area contributed by atoms with Crippen LogP contribution < -0.4 is 9.54 Å². The van der Waals surface area contributed by atoms with E-state index in [0.29, 0.717) is 0 Å². The molecule has 1 saturated heterocycles. The van der Waals surface area contributed by atoms with Crippen LogP contribution >= 0.6 is 11.3 Å². The van der Waals surface area contributed by atoms with E-state index in [1.807, 2.05) is 36.4 Å². The molecule has 0 amide bonds. The molecule has 0 N–H and O–H groups in total. The first-order valence-electron chi connectivity index (χ1n) is 8.36. The van der Waals surface area contributed by atoms with Crippen molar-refractivity contribution in [2.45, 2.75) is 25.5 Å². The predicted octanol–water partition coefficient (Wildman–Crippen LogP) is 4.23. The summed E-state index contributed by atoms with van der Waals surface area (Å²) in [7, 11) is 1.66. The summed E-state index contributed by atoms with van der Waals surface area (Å²) in [6.45, 7) is 1.62. The summed E-state index contributed by atoms with van der Waals surface area (Å²) in [5.74, 6) is 1.65. The molecule has 0 radical (unpaired) electrons. The second-order valence-electron chi connectivity index (χ2n) is 5.94. The van der Waals surface area contributed by atoms with E-state index in [9.17, 15) is 0 Å². The van der Waals surface area contributed by atoms with Gasteiger partial charge in [-0.2, -0.15) is 0 Å². The number of nitrogens with zero attached hydrogens (tertiary/aromatic N) is 2. The van der Waals surface area contributed by atoms with Gasteiger partial charge in [0.1, 0.15) is 5.75 Å². The molecule has 1 atom stereocenters. The molecule has 1 aliphatic heterocycles. The van der Waals surface area contributed by atoms with E-state index in [-0.39, 0.29) is 6.10 Å². The highest BCUT2D eigenvalue weighted by Crippen LogP contribution is 2.24. The first kappa shape index (κ1) is 16.2. The number of hydrogen-bond acceptors (Lipinski definition) is 5. The lowest BCUT2D eigenvalue weighted by atomic mass is 10.2. The van der Waals surface area contributed by atoms with E-state index in [4.69, 9.17) is 18.9 Å². The van der Waals surface area contributed by atoms with Gasteiger partial charge in [-0.1, -0.05) is 6.07 Å². The maximum absolute atomic E-state index is 5.83. The van der Waals surface area contributed by atoms with Crippen LogP contribution in [0.25, 0.3) is 11.5 Å². The molecule has 2 aromatic heterocycles. The number of hydrogen-bond donors (Lipinski definition) is 0. The van der Waals surface area contributed by atoms with Gasteiger partial charge in [0.05, 0.1) is 37.4 Å². The number of methoxy groups -OCH3 is 1. The molecule has 3 aromatic rings. The molecule has 1 aliphatic rings. The molecular weight excluding hydrogens is 336 g/mol. The normalized spacial score (nSPS) is 18.0. The van der Waals surface area contributed by atoms with E-state index < -0.39 is 0 Å². The van der Waals surface area contributed by atoms with Crippen LogP contribution in [0.2, 0.25) is 0 Å². The van der Waals surface area contributed by atoms with Crippen LogP contribution in [0, 0.1) is 0 Å². The Bertz CT molecular complexity index is 890. The van der Waals surface area contributed by atoms with Gasteiger partial charge in [-0.25, -0.2) is 4.99 Å². The molecule has 3 heterocycles. The highest BCUT2D eigenvalue weighted by atomic mass is 32.1. The minimum absolute atomic E-state index is 0.229. The van der Waals surface area contributed by atoms with Gasteiger partial charge in [0.25, 0.3) is 0 Å². The number of ether oxygens (including phenoxy) is 2. The number of rotatable bonds is 5. The summed E-state index contributed by atoms with van der Waals surface area (Å²) >= 11 is 1.61. The molecule has 25 heavy (non-hydrogen) atoms. The standard InChI is InChI=1S/C19H20N2O3S/c1-22-15-6-2-5-14(11-15)20-19-21(12-16-7-3-9-23-16)17(13-25-19)18-8-4-10-24-18/h2,4-6,8,10-11,13,16H,3,7,9,12H2,1H3. The molecule has 1 unspecified atom stereocenters. The van der Waals surface area contributed by atoms with Gasteiger partial charge in [0.15, 0.2) is 10.6 Å². The van der Waals surface area contributed by atoms with Crippen molar-refractivity contribution in [3.8, 4) is 17.2 Å². The van der Waals surface area contributed by atoms with Gasteiger partial charge in [-0.3, -0.25) is 0 Å². The summed E-state index contributed by atoms with van der Waals surface area (Å²) in [5.41, 5.74) is 1.90. The Balaban J connectivity index is 1.77. The smallest absolute Gasteiger partial charge is 0.190 e. The van der Waals surface area contributed by atoms with Crippen LogP contribution in [0.3, 0.4) is 0 Å². The Morgan fingerprint density at radius 2 is 2.28 bits per heavy atom. The van der Waals surface area contributed by atoms with Gasteiger partial charge < -0.3 is 18.5 Å². The van der Waals surface area contributed by atoms with E-state index in [0.717, 1.165) is 53.7 Å².